The van der Waals surface area contributed by atoms with Crippen molar-refractivity contribution in [1.29, 1.82) is 0 Å². The second-order valence-electron chi connectivity index (χ2n) is 4.24. The van der Waals surface area contributed by atoms with Crippen LogP contribution in [0.3, 0.4) is 0 Å². The van der Waals surface area contributed by atoms with Crippen LogP contribution in [0, 0.1) is 0 Å². The van der Waals surface area contributed by atoms with E-state index < -0.39 is 0 Å². The maximum absolute atomic E-state index is 3.42. The molecule has 0 atom stereocenters. The number of fused-ring (bicyclic) bond motifs is 1. The summed E-state index contributed by atoms with van der Waals surface area (Å²) in [7, 11) is 2.01. The van der Waals surface area contributed by atoms with Gasteiger partial charge >= 0.3 is 0 Å². The van der Waals surface area contributed by atoms with Crippen molar-refractivity contribution in [2.24, 2.45) is 0 Å². The maximum atomic E-state index is 3.42. The minimum Gasteiger partial charge on any atom is -0.320 e. The van der Waals surface area contributed by atoms with Crippen LogP contribution in [0.1, 0.15) is 23.1 Å². The Balaban J connectivity index is 2.00. The molecule has 15 heavy (non-hydrogen) atoms. The van der Waals surface area contributed by atoms with Crippen molar-refractivity contribution >= 4 is 0 Å². The standard InChI is InChI=1S/C13H20N2/c1-14-7-2-3-11-4-5-12-6-8-15-10-13(12)9-11/h4-5,9,14-15H,2-3,6-8,10H2,1H3. The number of nitrogens with one attached hydrogen (secondary N) is 2. The van der Waals surface area contributed by atoms with Gasteiger partial charge in [0.15, 0.2) is 0 Å². The molecule has 82 valence electrons. The number of benzene rings is 1. The zero-order valence-electron chi connectivity index (χ0n) is 9.47. The van der Waals surface area contributed by atoms with Crippen molar-refractivity contribution in [1.82, 2.24) is 10.6 Å². The van der Waals surface area contributed by atoms with E-state index in [0.717, 1.165) is 19.6 Å². The summed E-state index contributed by atoms with van der Waals surface area (Å²) >= 11 is 0. The predicted molar refractivity (Wildman–Crippen MR) is 64.1 cm³/mol. The molecule has 2 rings (SSSR count). The first kappa shape index (κ1) is 10.7. The maximum Gasteiger partial charge on any atom is 0.0208 e. The third-order valence-electron chi connectivity index (χ3n) is 3.05. The van der Waals surface area contributed by atoms with E-state index in [1.807, 2.05) is 7.05 Å². The van der Waals surface area contributed by atoms with E-state index >= 15 is 0 Å². The van der Waals surface area contributed by atoms with Gasteiger partial charge in [-0.2, -0.15) is 0 Å². The van der Waals surface area contributed by atoms with Gasteiger partial charge in [-0.1, -0.05) is 18.2 Å². The Hall–Kier alpha value is -0.860. The second kappa shape index (κ2) is 5.29. The summed E-state index contributed by atoms with van der Waals surface area (Å²) in [5, 5.41) is 6.61. The fraction of sp³-hybridized carbons (Fsp3) is 0.538. The minimum absolute atomic E-state index is 1.05. The van der Waals surface area contributed by atoms with Crippen LogP contribution in [0.2, 0.25) is 0 Å². The first-order valence-corrected chi connectivity index (χ1v) is 5.86. The van der Waals surface area contributed by atoms with Crippen molar-refractivity contribution in [2.45, 2.75) is 25.8 Å². The summed E-state index contributed by atoms with van der Waals surface area (Å²) in [6.45, 7) is 3.29. The first-order chi connectivity index (χ1) is 7.40. The van der Waals surface area contributed by atoms with Gasteiger partial charge in [0.2, 0.25) is 0 Å². The molecule has 0 spiro atoms. The quantitative estimate of drug-likeness (QED) is 0.726. The van der Waals surface area contributed by atoms with Gasteiger partial charge in [-0.25, -0.2) is 0 Å². The monoisotopic (exact) mass is 204 g/mol. The lowest BCUT2D eigenvalue weighted by Crippen LogP contribution is -2.23. The molecule has 1 heterocycles. The van der Waals surface area contributed by atoms with E-state index in [-0.39, 0.29) is 0 Å². The zero-order chi connectivity index (χ0) is 10.5. The Morgan fingerprint density at radius 3 is 3.13 bits per heavy atom. The molecule has 0 unspecified atom stereocenters. The molecule has 0 aliphatic carbocycles. The smallest absolute Gasteiger partial charge is 0.0208 e. The third kappa shape index (κ3) is 2.80. The molecule has 0 bridgehead atoms. The third-order valence-corrected chi connectivity index (χ3v) is 3.05. The van der Waals surface area contributed by atoms with Crippen LogP contribution in [0.25, 0.3) is 0 Å². The SMILES string of the molecule is CNCCCc1ccc2c(c1)CNCC2. The van der Waals surface area contributed by atoms with Gasteiger partial charge < -0.3 is 10.6 Å². The molecule has 0 saturated heterocycles. The topological polar surface area (TPSA) is 24.1 Å². The predicted octanol–water partition coefficient (Wildman–Crippen LogP) is 1.48. The van der Waals surface area contributed by atoms with E-state index in [4.69, 9.17) is 0 Å². The summed E-state index contributed by atoms with van der Waals surface area (Å²) in [5.41, 5.74) is 4.52. The number of hydrogen-bond acceptors (Lipinski definition) is 2. The number of hydrogen-bond donors (Lipinski definition) is 2. The van der Waals surface area contributed by atoms with Crippen molar-refractivity contribution in [2.75, 3.05) is 20.1 Å². The highest BCUT2D eigenvalue weighted by Gasteiger charge is 2.08. The van der Waals surface area contributed by atoms with Gasteiger partial charge in [0.25, 0.3) is 0 Å². The molecule has 0 fully saturated rings. The van der Waals surface area contributed by atoms with Crippen LogP contribution >= 0.6 is 0 Å². The van der Waals surface area contributed by atoms with Gasteiger partial charge in [0.1, 0.15) is 0 Å². The molecule has 1 aromatic carbocycles. The summed E-state index contributed by atoms with van der Waals surface area (Å²) in [4.78, 5) is 0. The van der Waals surface area contributed by atoms with Crippen LogP contribution in [0.15, 0.2) is 18.2 Å². The molecule has 1 aliphatic rings. The summed E-state index contributed by atoms with van der Waals surface area (Å²) in [6.07, 6.45) is 3.60. The summed E-state index contributed by atoms with van der Waals surface area (Å²) in [6, 6.07) is 6.97. The molecule has 0 radical (unpaired) electrons. The van der Waals surface area contributed by atoms with Crippen LogP contribution in [0.5, 0.6) is 0 Å². The van der Waals surface area contributed by atoms with E-state index in [1.165, 1.54) is 36.0 Å². The number of aryl methyl sites for hydroxylation is 1. The second-order valence-corrected chi connectivity index (χ2v) is 4.24. The van der Waals surface area contributed by atoms with E-state index in [9.17, 15) is 0 Å². The van der Waals surface area contributed by atoms with Gasteiger partial charge in [-0.15, -0.1) is 0 Å². The Kier molecular flexibility index (Phi) is 3.75. The minimum atomic E-state index is 1.05. The Labute approximate surface area is 92.1 Å². The fourth-order valence-electron chi connectivity index (χ4n) is 2.16. The average molecular weight is 204 g/mol. The molecule has 0 amide bonds. The number of rotatable bonds is 4. The van der Waals surface area contributed by atoms with Crippen molar-refractivity contribution in [3.63, 3.8) is 0 Å². The molecule has 1 aromatic rings. The molecular formula is C13H20N2. The first-order valence-electron chi connectivity index (χ1n) is 5.86. The van der Waals surface area contributed by atoms with Crippen LogP contribution in [-0.4, -0.2) is 20.1 Å². The largest absolute Gasteiger partial charge is 0.320 e. The molecular weight excluding hydrogens is 184 g/mol. The Morgan fingerprint density at radius 1 is 1.33 bits per heavy atom. The van der Waals surface area contributed by atoms with Gasteiger partial charge in [-0.05, 0) is 56.1 Å². The highest BCUT2D eigenvalue weighted by Crippen LogP contribution is 2.16. The van der Waals surface area contributed by atoms with Gasteiger partial charge in [0.05, 0.1) is 0 Å². The van der Waals surface area contributed by atoms with Crippen molar-refractivity contribution in [3.8, 4) is 0 Å². The van der Waals surface area contributed by atoms with Crippen LogP contribution in [-0.2, 0) is 19.4 Å². The normalized spacial score (nSPS) is 15.0. The average Bonchev–Trinajstić information content (AvgIpc) is 2.29. The van der Waals surface area contributed by atoms with E-state index in [1.54, 1.807) is 0 Å². The highest BCUT2D eigenvalue weighted by molar-refractivity contribution is 5.33. The molecule has 2 heteroatoms. The Bertz CT molecular complexity index is 320. The lowest BCUT2D eigenvalue weighted by atomic mass is 9.97. The van der Waals surface area contributed by atoms with Gasteiger partial charge in [0, 0.05) is 6.54 Å². The molecule has 0 aromatic heterocycles. The molecule has 0 saturated carbocycles. The molecule has 2 N–H and O–H groups in total. The molecule has 1 aliphatic heterocycles. The van der Waals surface area contributed by atoms with Crippen molar-refractivity contribution in [3.05, 3.63) is 34.9 Å². The lowest BCUT2D eigenvalue weighted by molar-refractivity contribution is 0.641. The van der Waals surface area contributed by atoms with E-state index in [0.29, 0.717) is 0 Å². The summed E-state index contributed by atoms with van der Waals surface area (Å²) < 4.78 is 0. The highest BCUT2D eigenvalue weighted by atomic mass is 14.9. The van der Waals surface area contributed by atoms with E-state index in [2.05, 4.69) is 28.8 Å². The Morgan fingerprint density at radius 2 is 2.27 bits per heavy atom. The van der Waals surface area contributed by atoms with Crippen LogP contribution < -0.4 is 10.6 Å². The lowest BCUT2D eigenvalue weighted by Gasteiger charge is -2.17. The summed E-state index contributed by atoms with van der Waals surface area (Å²) in [5.74, 6) is 0. The molecule has 2 nitrogen and oxygen atoms in total. The fourth-order valence-corrected chi connectivity index (χ4v) is 2.16. The van der Waals surface area contributed by atoms with Crippen LogP contribution in [0.4, 0.5) is 0 Å². The van der Waals surface area contributed by atoms with Crippen molar-refractivity contribution < 1.29 is 0 Å². The van der Waals surface area contributed by atoms with Gasteiger partial charge in [-0.3, -0.25) is 0 Å². The zero-order valence-corrected chi connectivity index (χ0v) is 9.47.